The lowest BCUT2D eigenvalue weighted by atomic mass is 10.1. The highest BCUT2D eigenvalue weighted by Gasteiger charge is 2.21. The first kappa shape index (κ1) is 15.9. The highest BCUT2D eigenvalue weighted by molar-refractivity contribution is 6.30. The quantitative estimate of drug-likeness (QED) is 0.619. The standard InChI is InChI=1S/C19H12ClNO3/c20-16-5-3-14(4-6-16)18-12-15(19(22)24-18)11-13-1-7-17(8-2-13)23-10-9-21/h1-8,11-12H,10H2/b15-11-. The summed E-state index contributed by atoms with van der Waals surface area (Å²) < 4.78 is 10.5. The molecule has 1 aliphatic rings. The van der Waals surface area contributed by atoms with Crippen molar-refractivity contribution in [3.05, 3.63) is 76.3 Å². The summed E-state index contributed by atoms with van der Waals surface area (Å²) in [7, 11) is 0. The molecule has 0 atom stereocenters. The average molecular weight is 338 g/mol. The van der Waals surface area contributed by atoms with Gasteiger partial charge in [-0.2, -0.15) is 5.26 Å². The molecule has 0 spiro atoms. The summed E-state index contributed by atoms with van der Waals surface area (Å²) in [6, 6.07) is 16.1. The Morgan fingerprint density at radius 3 is 2.50 bits per heavy atom. The second-order valence-electron chi connectivity index (χ2n) is 5.02. The van der Waals surface area contributed by atoms with E-state index >= 15 is 0 Å². The van der Waals surface area contributed by atoms with Crippen LogP contribution in [0.2, 0.25) is 5.02 Å². The number of ether oxygens (including phenoxy) is 2. The first-order chi connectivity index (χ1) is 11.7. The molecular weight excluding hydrogens is 326 g/mol. The highest BCUT2D eigenvalue weighted by atomic mass is 35.5. The van der Waals surface area contributed by atoms with Crippen LogP contribution in [0.3, 0.4) is 0 Å². The van der Waals surface area contributed by atoms with Gasteiger partial charge >= 0.3 is 5.97 Å². The summed E-state index contributed by atoms with van der Waals surface area (Å²) in [6.07, 6.45) is 3.44. The topological polar surface area (TPSA) is 59.3 Å². The number of benzene rings is 2. The molecule has 0 N–H and O–H groups in total. The van der Waals surface area contributed by atoms with E-state index in [1.54, 1.807) is 60.7 Å². The maximum absolute atomic E-state index is 12.0. The van der Waals surface area contributed by atoms with Crippen LogP contribution >= 0.6 is 11.6 Å². The van der Waals surface area contributed by atoms with Crippen LogP contribution in [-0.4, -0.2) is 12.6 Å². The van der Waals surface area contributed by atoms with Crippen LogP contribution in [0.5, 0.6) is 5.75 Å². The predicted octanol–water partition coefficient (Wildman–Crippen LogP) is 4.22. The second-order valence-corrected chi connectivity index (χ2v) is 5.46. The normalized spacial score (nSPS) is 14.9. The van der Waals surface area contributed by atoms with Gasteiger partial charge in [-0.05, 0) is 54.1 Å². The van der Waals surface area contributed by atoms with Crippen molar-refractivity contribution in [2.75, 3.05) is 6.61 Å². The number of nitriles is 1. The van der Waals surface area contributed by atoms with Crippen LogP contribution < -0.4 is 4.74 Å². The third-order valence-electron chi connectivity index (χ3n) is 3.36. The van der Waals surface area contributed by atoms with E-state index in [1.807, 2.05) is 6.07 Å². The summed E-state index contributed by atoms with van der Waals surface area (Å²) in [5.41, 5.74) is 2.09. The van der Waals surface area contributed by atoms with Gasteiger partial charge in [0.15, 0.2) is 6.61 Å². The molecular formula is C19H12ClNO3. The lowest BCUT2D eigenvalue weighted by Gasteiger charge is -2.01. The van der Waals surface area contributed by atoms with Gasteiger partial charge in [0, 0.05) is 10.6 Å². The number of halogens is 1. The molecule has 5 heteroatoms. The smallest absolute Gasteiger partial charge is 0.343 e. The largest absolute Gasteiger partial charge is 0.479 e. The van der Waals surface area contributed by atoms with E-state index in [1.165, 1.54) is 0 Å². The van der Waals surface area contributed by atoms with Crippen LogP contribution in [0, 0.1) is 11.3 Å². The molecule has 1 aliphatic heterocycles. The van der Waals surface area contributed by atoms with Crippen molar-refractivity contribution in [2.24, 2.45) is 0 Å². The van der Waals surface area contributed by atoms with E-state index in [0.29, 0.717) is 22.1 Å². The monoisotopic (exact) mass is 337 g/mol. The molecule has 24 heavy (non-hydrogen) atoms. The highest BCUT2D eigenvalue weighted by Crippen LogP contribution is 2.28. The molecule has 0 aliphatic carbocycles. The van der Waals surface area contributed by atoms with E-state index in [0.717, 1.165) is 11.1 Å². The fraction of sp³-hybridized carbons (Fsp3) is 0.0526. The van der Waals surface area contributed by atoms with Gasteiger partial charge in [-0.1, -0.05) is 23.7 Å². The van der Waals surface area contributed by atoms with E-state index in [4.69, 9.17) is 26.3 Å². The van der Waals surface area contributed by atoms with Crippen molar-refractivity contribution in [2.45, 2.75) is 0 Å². The minimum absolute atomic E-state index is 0.0000478. The predicted molar refractivity (Wildman–Crippen MR) is 91.0 cm³/mol. The molecule has 2 aromatic carbocycles. The van der Waals surface area contributed by atoms with Gasteiger partial charge in [-0.3, -0.25) is 0 Å². The van der Waals surface area contributed by atoms with E-state index in [9.17, 15) is 4.79 Å². The molecule has 0 aromatic heterocycles. The molecule has 0 amide bonds. The van der Waals surface area contributed by atoms with Crippen molar-refractivity contribution in [1.29, 1.82) is 5.26 Å². The maximum atomic E-state index is 12.0. The van der Waals surface area contributed by atoms with Crippen molar-refractivity contribution in [3.63, 3.8) is 0 Å². The van der Waals surface area contributed by atoms with Gasteiger partial charge < -0.3 is 9.47 Å². The third kappa shape index (κ3) is 3.65. The molecule has 0 saturated heterocycles. The average Bonchev–Trinajstić information content (AvgIpc) is 2.95. The van der Waals surface area contributed by atoms with Gasteiger partial charge in [0.1, 0.15) is 17.6 Å². The molecule has 0 bridgehead atoms. The maximum Gasteiger partial charge on any atom is 0.343 e. The van der Waals surface area contributed by atoms with Gasteiger partial charge in [0.25, 0.3) is 0 Å². The Morgan fingerprint density at radius 2 is 1.83 bits per heavy atom. The number of carbonyl (C=O) groups excluding carboxylic acids is 1. The number of nitrogens with zero attached hydrogens (tertiary/aromatic N) is 1. The Labute approximate surface area is 144 Å². The Balaban J connectivity index is 1.80. The molecule has 2 aromatic rings. The third-order valence-corrected chi connectivity index (χ3v) is 3.61. The summed E-state index contributed by atoms with van der Waals surface area (Å²) in [4.78, 5) is 12.0. The summed E-state index contributed by atoms with van der Waals surface area (Å²) >= 11 is 5.86. The first-order valence-corrected chi connectivity index (χ1v) is 7.55. The first-order valence-electron chi connectivity index (χ1n) is 7.17. The molecule has 4 nitrogen and oxygen atoms in total. The summed E-state index contributed by atoms with van der Waals surface area (Å²) in [5.74, 6) is 0.701. The second kappa shape index (κ2) is 7.03. The molecule has 0 saturated carbocycles. The summed E-state index contributed by atoms with van der Waals surface area (Å²) in [5, 5.41) is 9.11. The van der Waals surface area contributed by atoms with Gasteiger partial charge in [0.05, 0.1) is 5.57 Å². The van der Waals surface area contributed by atoms with E-state index in [-0.39, 0.29) is 6.61 Å². The molecule has 1 heterocycles. The number of esters is 1. The lowest BCUT2D eigenvalue weighted by molar-refractivity contribution is -0.130. The zero-order chi connectivity index (χ0) is 16.9. The lowest BCUT2D eigenvalue weighted by Crippen LogP contribution is -1.97. The molecule has 3 rings (SSSR count). The Morgan fingerprint density at radius 1 is 1.12 bits per heavy atom. The van der Waals surface area contributed by atoms with Gasteiger partial charge in [0.2, 0.25) is 0 Å². The Hall–Kier alpha value is -3.03. The van der Waals surface area contributed by atoms with Crippen LogP contribution in [0.4, 0.5) is 0 Å². The fourth-order valence-electron chi connectivity index (χ4n) is 2.20. The number of rotatable bonds is 4. The Kier molecular flexibility index (Phi) is 4.64. The fourth-order valence-corrected chi connectivity index (χ4v) is 2.33. The van der Waals surface area contributed by atoms with E-state index < -0.39 is 5.97 Å². The molecule has 0 radical (unpaired) electrons. The molecule has 0 unspecified atom stereocenters. The van der Waals surface area contributed by atoms with Crippen molar-refractivity contribution in [1.82, 2.24) is 0 Å². The van der Waals surface area contributed by atoms with Crippen LogP contribution in [0.25, 0.3) is 11.8 Å². The molecule has 0 fully saturated rings. The van der Waals surface area contributed by atoms with Crippen molar-refractivity contribution in [3.8, 4) is 11.8 Å². The number of cyclic esters (lactones) is 1. The van der Waals surface area contributed by atoms with Crippen molar-refractivity contribution >= 4 is 29.4 Å². The van der Waals surface area contributed by atoms with Gasteiger partial charge in [-0.25, -0.2) is 4.79 Å². The number of carbonyl (C=O) groups is 1. The van der Waals surface area contributed by atoms with Crippen molar-refractivity contribution < 1.29 is 14.3 Å². The SMILES string of the molecule is N#CCOc1ccc(/C=C2/C=C(c3ccc(Cl)cc3)OC2=O)cc1. The van der Waals surface area contributed by atoms with Crippen LogP contribution in [0.15, 0.2) is 60.2 Å². The molecule has 118 valence electrons. The van der Waals surface area contributed by atoms with E-state index in [2.05, 4.69) is 0 Å². The van der Waals surface area contributed by atoms with Crippen LogP contribution in [-0.2, 0) is 9.53 Å². The van der Waals surface area contributed by atoms with Gasteiger partial charge in [-0.15, -0.1) is 0 Å². The minimum atomic E-state index is -0.398. The summed E-state index contributed by atoms with van der Waals surface area (Å²) in [6.45, 7) is -0.0000478. The number of hydrogen-bond acceptors (Lipinski definition) is 4. The zero-order valence-electron chi connectivity index (χ0n) is 12.5. The Bertz CT molecular complexity index is 859. The number of hydrogen-bond donors (Lipinski definition) is 0. The minimum Gasteiger partial charge on any atom is -0.479 e. The zero-order valence-corrected chi connectivity index (χ0v) is 13.3. The van der Waals surface area contributed by atoms with Crippen LogP contribution in [0.1, 0.15) is 11.1 Å².